The molecule has 0 bridgehead atoms. The highest BCUT2D eigenvalue weighted by atomic mass is 32.2. The van der Waals surface area contributed by atoms with Gasteiger partial charge in [-0.2, -0.15) is 0 Å². The first-order chi connectivity index (χ1) is 16.7. The third-order valence-corrected chi connectivity index (χ3v) is 8.48. The number of piperidine rings is 1. The molecule has 1 fully saturated rings. The number of ether oxygens (including phenoxy) is 1. The molecule has 0 aromatic heterocycles. The molecule has 2 aliphatic rings. The van der Waals surface area contributed by atoms with Crippen LogP contribution in [-0.4, -0.2) is 58.3 Å². The van der Waals surface area contributed by atoms with Crippen molar-refractivity contribution in [2.24, 2.45) is 5.92 Å². The van der Waals surface area contributed by atoms with Gasteiger partial charge in [0.25, 0.3) is 0 Å². The van der Waals surface area contributed by atoms with E-state index in [1.807, 2.05) is 12.1 Å². The van der Waals surface area contributed by atoms with E-state index in [9.17, 15) is 13.2 Å². The van der Waals surface area contributed by atoms with E-state index >= 15 is 0 Å². The maximum absolute atomic E-state index is 13.2. The zero-order chi connectivity index (χ0) is 25.2. The van der Waals surface area contributed by atoms with Gasteiger partial charge in [0.2, 0.25) is 5.91 Å². The third-order valence-electron chi connectivity index (χ3n) is 7.37. The van der Waals surface area contributed by atoms with Gasteiger partial charge in [0, 0.05) is 30.2 Å². The average molecular weight is 500 g/mol. The third kappa shape index (κ3) is 5.98. The molecule has 2 N–H and O–H groups in total. The van der Waals surface area contributed by atoms with E-state index in [4.69, 9.17) is 4.74 Å². The summed E-state index contributed by atoms with van der Waals surface area (Å²) in [4.78, 5) is 16.0. The number of likely N-dealkylation sites (tertiary alicyclic amines) is 1. The van der Waals surface area contributed by atoms with Crippen molar-refractivity contribution in [1.82, 2.24) is 4.90 Å². The van der Waals surface area contributed by atoms with Crippen LogP contribution >= 0.6 is 0 Å². The van der Waals surface area contributed by atoms with Gasteiger partial charge in [-0.1, -0.05) is 0 Å². The summed E-state index contributed by atoms with van der Waals surface area (Å²) in [5.41, 5.74) is 3.78. The maximum atomic E-state index is 13.2. The van der Waals surface area contributed by atoms with E-state index in [-0.39, 0.29) is 11.8 Å². The van der Waals surface area contributed by atoms with Crippen molar-refractivity contribution in [3.05, 3.63) is 47.5 Å². The van der Waals surface area contributed by atoms with E-state index in [1.165, 1.54) is 6.26 Å². The molecule has 1 atom stereocenters. The zero-order valence-electron chi connectivity index (χ0n) is 21.1. The van der Waals surface area contributed by atoms with Gasteiger partial charge in [-0.3, -0.25) is 4.79 Å². The number of hydrogen-bond acceptors (Lipinski definition) is 6. The number of fused-ring (bicyclic) bond motifs is 1. The Morgan fingerprint density at radius 3 is 2.51 bits per heavy atom. The molecule has 2 heterocycles. The topological polar surface area (TPSA) is 87.7 Å². The average Bonchev–Trinajstić information content (AvgIpc) is 3.06. The molecule has 0 saturated carbocycles. The lowest BCUT2D eigenvalue weighted by molar-refractivity contribution is -0.119. The number of aryl methyl sites for hydroxylation is 1. The molecule has 0 spiro atoms. The first-order valence-electron chi connectivity index (χ1n) is 12.5. The Morgan fingerprint density at radius 2 is 1.86 bits per heavy atom. The van der Waals surface area contributed by atoms with Crippen molar-refractivity contribution in [2.75, 3.05) is 43.6 Å². The van der Waals surface area contributed by atoms with Crippen LogP contribution in [0.1, 0.15) is 50.2 Å². The van der Waals surface area contributed by atoms with E-state index < -0.39 is 9.84 Å². The minimum Gasteiger partial charge on any atom is -0.496 e. The highest BCUT2D eigenvalue weighted by Gasteiger charge is 2.26. The lowest BCUT2D eigenvalue weighted by Crippen LogP contribution is -2.37. The second-order valence-corrected chi connectivity index (χ2v) is 12.1. The van der Waals surface area contributed by atoms with Crippen LogP contribution in [0.4, 0.5) is 11.4 Å². The van der Waals surface area contributed by atoms with Crippen LogP contribution in [0.25, 0.3) is 0 Å². The van der Waals surface area contributed by atoms with Crippen LogP contribution in [0.2, 0.25) is 0 Å². The SMILES string of the molecule is COc1ccc(NC(=O)C2CCc3cc(S(C)(=O)=O)ccc3NC2)cc1C1CCN(C(C)C)CC1. The fraction of sp³-hybridized carbons (Fsp3) is 0.519. The van der Waals surface area contributed by atoms with Crippen LogP contribution in [0.5, 0.6) is 5.75 Å². The molecule has 2 aliphatic heterocycles. The predicted octanol–water partition coefficient (Wildman–Crippen LogP) is 4.30. The van der Waals surface area contributed by atoms with Gasteiger partial charge >= 0.3 is 0 Å². The second-order valence-electron chi connectivity index (χ2n) is 10.1. The van der Waals surface area contributed by atoms with Crippen LogP contribution in [0, 0.1) is 5.92 Å². The Hall–Kier alpha value is -2.58. The van der Waals surface area contributed by atoms with Crippen molar-refractivity contribution < 1.29 is 17.9 Å². The Kier molecular flexibility index (Phi) is 7.71. The van der Waals surface area contributed by atoms with Crippen molar-refractivity contribution in [2.45, 2.75) is 56.4 Å². The van der Waals surface area contributed by atoms with Crippen molar-refractivity contribution in [3.8, 4) is 5.75 Å². The molecule has 4 rings (SSSR count). The largest absolute Gasteiger partial charge is 0.496 e. The number of hydrogen-bond donors (Lipinski definition) is 2. The molecule has 35 heavy (non-hydrogen) atoms. The summed E-state index contributed by atoms with van der Waals surface area (Å²) in [5, 5.41) is 6.45. The Balaban J connectivity index is 1.44. The summed E-state index contributed by atoms with van der Waals surface area (Å²) in [5.74, 6) is 1.04. The Morgan fingerprint density at radius 1 is 1.11 bits per heavy atom. The van der Waals surface area contributed by atoms with E-state index in [1.54, 1.807) is 25.3 Å². The number of rotatable bonds is 6. The normalized spacial score (nSPS) is 19.5. The van der Waals surface area contributed by atoms with Gasteiger partial charge in [-0.25, -0.2) is 8.42 Å². The number of carbonyl (C=O) groups is 1. The lowest BCUT2D eigenvalue weighted by Gasteiger charge is -2.35. The minimum absolute atomic E-state index is 0.0283. The number of benzene rings is 2. The van der Waals surface area contributed by atoms with Crippen LogP contribution < -0.4 is 15.4 Å². The van der Waals surface area contributed by atoms with Gasteiger partial charge in [0.05, 0.1) is 17.9 Å². The summed E-state index contributed by atoms with van der Waals surface area (Å²) >= 11 is 0. The Bertz CT molecular complexity index is 1170. The van der Waals surface area contributed by atoms with Gasteiger partial charge < -0.3 is 20.3 Å². The predicted molar refractivity (Wildman–Crippen MR) is 140 cm³/mol. The molecule has 0 radical (unpaired) electrons. The summed E-state index contributed by atoms with van der Waals surface area (Å²) in [7, 11) is -1.57. The van der Waals surface area contributed by atoms with E-state index in [0.29, 0.717) is 36.2 Å². The molecule has 2 aromatic carbocycles. The highest BCUT2D eigenvalue weighted by molar-refractivity contribution is 7.90. The van der Waals surface area contributed by atoms with E-state index in [2.05, 4.69) is 35.4 Å². The molecule has 8 heteroatoms. The first kappa shape index (κ1) is 25.5. The second kappa shape index (κ2) is 10.6. The monoisotopic (exact) mass is 499 g/mol. The molecule has 190 valence electrons. The van der Waals surface area contributed by atoms with Crippen LogP contribution in [0.3, 0.4) is 0 Å². The van der Waals surface area contributed by atoms with Gasteiger partial charge in [-0.15, -0.1) is 0 Å². The smallest absolute Gasteiger partial charge is 0.229 e. The van der Waals surface area contributed by atoms with E-state index in [0.717, 1.165) is 54.2 Å². The molecular formula is C27H37N3O4S. The summed E-state index contributed by atoms with van der Waals surface area (Å²) in [6, 6.07) is 11.6. The number of nitrogens with zero attached hydrogens (tertiary/aromatic N) is 1. The molecule has 1 amide bonds. The Labute approximate surface area is 209 Å². The minimum atomic E-state index is -3.27. The number of anilines is 2. The number of nitrogens with one attached hydrogen (secondary N) is 2. The number of methoxy groups -OCH3 is 1. The van der Waals surface area contributed by atoms with Gasteiger partial charge in [-0.05, 0) is 106 Å². The molecule has 1 unspecified atom stereocenters. The summed E-state index contributed by atoms with van der Waals surface area (Å²) < 4.78 is 29.5. The quantitative estimate of drug-likeness (QED) is 0.616. The van der Waals surface area contributed by atoms with Crippen LogP contribution in [0.15, 0.2) is 41.3 Å². The fourth-order valence-electron chi connectivity index (χ4n) is 5.17. The maximum Gasteiger partial charge on any atom is 0.229 e. The van der Waals surface area contributed by atoms with Gasteiger partial charge in [0.15, 0.2) is 9.84 Å². The number of sulfone groups is 1. The van der Waals surface area contributed by atoms with Crippen LogP contribution in [-0.2, 0) is 21.1 Å². The summed E-state index contributed by atoms with van der Waals surface area (Å²) in [6.45, 7) is 7.12. The number of carbonyl (C=O) groups excluding carboxylic acids is 1. The highest BCUT2D eigenvalue weighted by Crippen LogP contribution is 2.36. The standard InChI is InChI=1S/C27H37N3O4S/c1-18(2)30-13-11-19(12-14-30)24-16-22(7-10-26(24)34-3)29-27(31)21-6-5-20-15-23(35(4,32)33)8-9-25(20)28-17-21/h7-10,15-16,18-19,21,28H,5-6,11-14,17H2,1-4H3,(H,29,31). The zero-order valence-corrected chi connectivity index (χ0v) is 22.0. The molecular weight excluding hydrogens is 462 g/mol. The fourth-order valence-corrected chi connectivity index (χ4v) is 5.84. The molecule has 1 saturated heterocycles. The van der Waals surface area contributed by atoms with Crippen molar-refractivity contribution in [1.29, 1.82) is 0 Å². The van der Waals surface area contributed by atoms with Gasteiger partial charge in [0.1, 0.15) is 5.75 Å². The molecule has 7 nitrogen and oxygen atoms in total. The van der Waals surface area contributed by atoms with Crippen molar-refractivity contribution in [3.63, 3.8) is 0 Å². The molecule has 0 aliphatic carbocycles. The summed E-state index contributed by atoms with van der Waals surface area (Å²) in [6.07, 6.45) is 4.66. The first-order valence-corrected chi connectivity index (χ1v) is 14.3. The van der Waals surface area contributed by atoms with Crippen molar-refractivity contribution >= 4 is 27.1 Å². The lowest BCUT2D eigenvalue weighted by atomic mass is 9.88. The number of amides is 1. The molecule has 2 aromatic rings.